The molecule has 170 valence electrons. The van der Waals surface area contributed by atoms with Crippen LogP contribution in [-0.2, 0) is 4.79 Å². The molecule has 2 amide bonds. The second-order valence-corrected chi connectivity index (χ2v) is 7.66. The maximum atomic E-state index is 12.6. The van der Waals surface area contributed by atoms with Crippen LogP contribution in [0.25, 0.3) is 0 Å². The van der Waals surface area contributed by atoms with Gasteiger partial charge in [0.25, 0.3) is 5.91 Å². The fraction of sp³-hybridized carbons (Fsp3) is 0.333. The van der Waals surface area contributed by atoms with E-state index in [0.29, 0.717) is 46.7 Å². The van der Waals surface area contributed by atoms with Crippen LogP contribution in [0.15, 0.2) is 36.4 Å². The Hall–Kier alpha value is -3.14. The number of nitrogens with zero attached hydrogens (tertiary/aromatic N) is 2. The summed E-state index contributed by atoms with van der Waals surface area (Å²) in [4.78, 5) is 26.5. The van der Waals surface area contributed by atoms with Crippen molar-refractivity contribution >= 4 is 34.8 Å². The van der Waals surface area contributed by atoms with Gasteiger partial charge in [-0.25, -0.2) is 0 Å². The number of hydrogen-bond acceptors (Lipinski definition) is 5. The lowest BCUT2D eigenvalue weighted by Gasteiger charge is -2.36. The summed E-state index contributed by atoms with van der Waals surface area (Å²) in [7, 11) is 0. The van der Waals surface area contributed by atoms with Gasteiger partial charge < -0.3 is 24.6 Å². The number of halogens is 4. The first kappa shape index (κ1) is 22.1. The van der Waals surface area contributed by atoms with Crippen LogP contribution in [0, 0.1) is 0 Å². The molecule has 1 saturated heterocycles. The highest BCUT2D eigenvalue weighted by Gasteiger charge is 2.43. The third-order valence-corrected chi connectivity index (χ3v) is 5.46. The van der Waals surface area contributed by atoms with E-state index in [2.05, 4.69) is 5.32 Å². The summed E-state index contributed by atoms with van der Waals surface area (Å²) < 4.78 is 48.7. The number of carbonyl (C=O) groups excluding carboxylic acids is 2. The highest BCUT2D eigenvalue weighted by atomic mass is 35.5. The minimum atomic E-state index is -4.88. The minimum absolute atomic E-state index is 0.0583. The van der Waals surface area contributed by atoms with Gasteiger partial charge in [0.15, 0.2) is 11.5 Å². The topological polar surface area (TPSA) is 71.1 Å². The van der Waals surface area contributed by atoms with Crippen molar-refractivity contribution in [2.45, 2.75) is 6.18 Å². The minimum Gasteiger partial charge on any atom is -0.486 e. The quantitative estimate of drug-likeness (QED) is 0.744. The third kappa shape index (κ3) is 4.69. The summed E-state index contributed by atoms with van der Waals surface area (Å²) in [5, 5.41) is 3.09. The molecule has 11 heteroatoms. The molecule has 7 nitrogen and oxygen atoms in total. The van der Waals surface area contributed by atoms with Crippen molar-refractivity contribution in [2.24, 2.45) is 0 Å². The Bertz CT molecular complexity index is 1040. The number of ether oxygens (including phenoxy) is 2. The van der Waals surface area contributed by atoms with Crippen molar-refractivity contribution in [1.29, 1.82) is 0 Å². The van der Waals surface area contributed by atoms with Crippen LogP contribution >= 0.6 is 11.6 Å². The van der Waals surface area contributed by atoms with Crippen LogP contribution in [0.4, 0.5) is 24.5 Å². The number of carbonyl (C=O) groups is 2. The SMILES string of the molecule is O=C(Nc1ccc(N2CCN(C(=O)C(F)(F)F)CC2)c(Cl)c1)c1ccc2c(c1)OCCO2. The zero-order valence-corrected chi connectivity index (χ0v) is 17.5. The number of benzene rings is 2. The number of piperazine rings is 1. The molecule has 0 aromatic heterocycles. The van der Waals surface area contributed by atoms with Gasteiger partial charge in [0.2, 0.25) is 0 Å². The number of alkyl halides is 3. The van der Waals surface area contributed by atoms with E-state index in [1.54, 1.807) is 41.3 Å². The number of hydrogen-bond donors (Lipinski definition) is 1. The van der Waals surface area contributed by atoms with Crippen LogP contribution in [-0.4, -0.2) is 62.3 Å². The van der Waals surface area contributed by atoms with E-state index >= 15 is 0 Å². The van der Waals surface area contributed by atoms with Crippen LogP contribution in [0.3, 0.4) is 0 Å². The standard InChI is InChI=1S/C21H19ClF3N3O4/c22-15-12-14(26-19(29)13-1-4-17-18(11-13)32-10-9-31-17)2-3-16(15)27-5-7-28(8-6-27)20(30)21(23,24)25/h1-4,11-12H,5-10H2,(H,26,29). The first-order chi connectivity index (χ1) is 15.2. The van der Waals surface area contributed by atoms with Gasteiger partial charge in [-0.05, 0) is 36.4 Å². The molecule has 0 bridgehead atoms. The maximum absolute atomic E-state index is 12.6. The number of rotatable bonds is 3. The zero-order chi connectivity index (χ0) is 22.9. The van der Waals surface area contributed by atoms with E-state index in [4.69, 9.17) is 21.1 Å². The molecule has 0 radical (unpaired) electrons. The molecule has 1 fully saturated rings. The highest BCUT2D eigenvalue weighted by Crippen LogP contribution is 2.32. The van der Waals surface area contributed by atoms with E-state index in [0.717, 1.165) is 4.90 Å². The number of amides is 2. The Labute approximate surface area is 186 Å². The molecule has 2 heterocycles. The predicted octanol–water partition coefficient (Wildman–Crippen LogP) is 3.57. The molecule has 1 N–H and O–H groups in total. The molecule has 0 unspecified atom stereocenters. The number of anilines is 2. The molecule has 0 aliphatic carbocycles. The second-order valence-electron chi connectivity index (χ2n) is 7.26. The molecule has 2 aromatic rings. The van der Waals surface area contributed by atoms with Gasteiger partial charge in [0.1, 0.15) is 13.2 Å². The Morgan fingerprint density at radius 3 is 2.28 bits per heavy atom. The van der Waals surface area contributed by atoms with Gasteiger partial charge in [-0.1, -0.05) is 11.6 Å². The van der Waals surface area contributed by atoms with Crippen molar-refractivity contribution in [3.05, 3.63) is 47.0 Å². The van der Waals surface area contributed by atoms with E-state index in [-0.39, 0.29) is 32.1 Å². The monoisotopic (exact) mass is 469 g/mol. The Balaban J connectivity index is 1.39. The largest absolute Gasteiger partial charge is 0.486 e. The summed E-state index contributed by atoms with van der Waals surface area (Å²) in [5.41, 5.74) is 1.47. The summed E-state index contributed by atoms with van der Waals surface area (Å²) in [6, 6.07) is 9.80. The first-order valence-corrected chi connectivity index (χ1v) is 10.2. The fourth-order valence-electron chi connectivity index (χ4n) is 3.56. The van der Waals surface area contributed by atoms with Gasteiger partial charge in [-0.3, -0.25) is 9.59 Å². The van der Waals surface area contributed by atoms with Crippen molar-refractivity contribution in [3.63, 3.8) is 0 Å². The van der Waals surface area contributed by atoms with Crippen LogP contribution < -0.4 is 19.7 Å². The molecule has 0 spiro atoms. The molecule has 4 rings (SSSR count). The van der Waals surface area contributed by atoms with Gasteiger partial charge in [-0.15, -0.1) is 0 Å². The number of fused-ring (bicyclic) bond motifs is 1. The molecule has 32 heavy (non-hydrogen) atoms. The smallest absolute Gasteiger partial charge is 0.471 e. The summed E-state index contributed by atoms with van der Waals surface area (Å²) in [6.07, 6.45) is -4.88. The van der Waals surface area contributed by atoms with Gasteiger partial charge in [-0.2, -0.15) is 13.2 Å². The second kappa shape index (κ2) is 8.78. The Kier molecular flexibility index (Phi) is 6.05. The van der Waals surface area contributed by atoms with Gasteiger partial charge >= 0.3 is 12.1 Å². The van der Waals surface area contributed by atoms with Crippen molar-refractivity contribution in [2.75, 3.05) is 49.6 Å². The molecular weight excluding hydrogens is 451 g/mol. The van der Waals surface area contributed by atoms with E-state index in [1.807, 2.05) is 0 Å². The normalized spacial score (nSPS) is 16.0. The van der Waals surface area contributed by atoms with Crippen LogP contribution in [0.2, 0.25) is 5.02 Å². The lowest BCUT2D eigenvalue weighted by Crippen LogP contribution is -2.52. The van der Waals surface area contributed by atoms with E-state index < -0.39 is 12.1 Å². The van der Waals surface area contributed by atoms with Crippen LogP contribution in [0.1, 0.15) is 10.4 Å². The Morgan fingerprint density at radius 2 is 1.62 bits per heavy atom. The summed E-state index contributed by atoms with van der Waals surface area (Å²) in [6.45, 7) is 1.17. The highest BCUT2D eigenvalue weighted by molar-refractivity contribution is 6.33. The molecule has 2 aromatic carbocycles. The molecule has 2 aliphatic heterocycles. The third-order valence-electron chi connectivity index (χ3n) is 5.16. The van der Waals surface area contributed by atoms with E-state index in [9.17, 15) is 22.8 Å². The van der Waals surface area contributed by atoms with Gasteiger partial charge in [0.05, 0.1) is 10.7 Å². The average molecular weight is 470 g/mol. The molecular formula is C21H19ClF3N3O4. The van der Waals surface area contributed by atoms with Crippen molar-refractivity contribution in [3.8, 4) is 11.5 Å². The lowest BCUT2D eigenvalue weighted by molar-refractivity contribution is -0.185. The average Bonchev–Trinajstić information content (AvgIpc) is 2.78. The lowest BCUT2D eigenvalue weighted by atomic mass is 10.1. The molecule has 0 atom stereocenters. The maximum Gasteiger partial charge on any atom is 0.471 e. The first-order valence-electron chi connectivity index (χ1n) is 9.84. The summed E-state index contributed by atoms with van der Waals surface area (Å²) in [5.74, 6) is -1.11. The van der Waals surface area contributed by atoms with Crippen molar-refractivity contribution in [1.82, 2.24) is 4.90 Å². The zero-order valence-electron chi connectivity index (χ0n) is 16.7. The van der Waals surface area contributed by atoms with Crippen LogP contribution in [0.5, 0.6) is 11.5 Å². The summed E-state index contributed by atoms with van der Waals surface area (Å²) >= 11 is 6.37. The van der Waals surface area contributed by atoms with Gasteiger partial charge in [0, 0.05) is 37.4 Å². The Morgan fingerprint density at radius 1 is 0.938 bits per heavy atom. The molecule has 0 saturated carbocycles. The number of nitrogens with one attached hydrogen (secondary N) is 1. The van der Waals surface area contributed by atoms with E-state index in [1.165, 1.54) is 0 Å². The fourth-order valence-corrected chi connectivity index (χ4v) is 3.86. The predicted molar refractivity (Wildman–Crippen MR) is 112 cm³/mol. The molecule has 2 aliphatic rings. The van der Waals surface area contributed by atoms with Crippen molar-refractivity contribution < 1.29 is 32.2 Å².